The normalized spacial score (nSPS) is 10.3. The lowest BCUT2D eigenvalue weighted by Gasteiger charge is -2.08. The van der Waals surface area contributed by atoms with Crippen molar-refractivity contribution in [1.29, 1.82) is 0 Å². The zero-order valence-corrected chi connectivity index (χ0v) is 13.7. The summed E-state index contributed by atoms with van der Waals surface area (Å²) in [4.78, 5) is 10.9. The first kappa shape index (κ1) is 18.3. The summed E-state index contributed by atoms with van der Waals surface area (Å²) < 4.78 is 9.84. The molecule has 5 nitrogen and oxygen atoms in total. The molecule has 0 aromatic heterocycles. The first-order valence-electron chi connectivity index (χ1n) is 7.98. The van der Waals surface area contributed by atoms with Crippen LogP contribution in [0.15, 0.2) is 24.3 Å². The summed E-state index contributed by atoms with van der Waals surface area (Å²) in [5.41, 5.74) is 2.33. The Morgan fingerprint density at radius 3 is 2.55 bits per heavy atom. The Balaban J connectivity index is 2.12. The molecule has 1 aromatic carbocycles. The van der Waals surface area contributed by atoms with Gasteiger partial charge < -0.3 is 20.1 Å². The van der Waals surface area contributed by atoms with Crippen LogP contribution in [0.5, 0.6) is 0 Å². The number of hydrogen-bond donors (Lipinski definition) is 2. The highest BCUT2D eigenvalue weighted by Gasteiger charge is 1.99. The summed E-state index contributed by atoms with van der Waals surface area (Å²) in [6.45, 7) is 5.26. The molecule has 0 spiro atoms. The van der Waals surface area contributed by atoms with Crippen LogP contribution in [0.2, 0.25) is 0 Å². The maximum atomic E-state index is 10.9. The first-order valence-corrected chi connectivity index (χ1v) is 7.98. The molecule has 0 saturated carbocycles. The molecule has 0 bridgehead atoms. The molecule has 124 valence electrons. The van der Waals surface area contributed by atoms with Crippen molar-refractivity contribution >= 4 is 11.8 Å². The van der Waals surface area contributed by atoms with E-state index >= 15 is 0 Å². The van der Waals surface area contributed by atoms with Crippen LogP contribution < -0.4 is 10.6 Å². The molecule has 22 heavy (non-hydrogen) atoms. The van der Waals surface area contributed by atoms with Crippen molar-refractivity contribution < 1.29 is 14.3 Å². The SMILES string of the molecule is CCOCCCCCNc1ccc(CCNC(=O)OC)cc1. The van der Waals surface area contributed by atoms with E-state index in [0.717, 1.165) is 44.7 Å². The van der Waals surface area contributed by atoms with E-state index in [0.29, 0.717) is 6.54 Å². The fourth-order valence-electron chi connectivity index (χ4n) is 2.05. The van der Waals surface area contributed by atoms with Crippen LogP contribution in [0.1, 0.15) is 31.7 Å². The lowest BCUT2D eigenvalue weighted by Crippen LogP contribution is -2.25. The number of benzene rings is 1. The number of nitrogens with one attached hydrogen (secondary N) is 2. The third-order valence-corrected chi connectivity index (χ3v) is 3.32. The second-order valence-electron chi connectivity index (χ2n) is 5.05. The van der Waals surface area contributed by atoms with Gasteiger partial charge >= 0.3 is 6.09 Å². The average molecular weight is 308 g/mol. The minimum Gasteiger partial charge on any atom is -0.453 e. The van der Waals surface area contributed by atoms with Crippen LogP contribution >= 0.6 is 0 Å². The van der Waals surface area contributed by atoms with Gasteiger partial charge in [0.25, 0.3) is 0 Å². The Bertz CT molecular complexity index is 407. The maximum Gasteiger partial charge on any atom is 0.406 e. The van der Waals surface area contributed by atoms with E-state index in [1.54, 1.807) is 0 Å². The van der Waals surface area contributed by atoms with Gasteiger partial charge in [-0.05, 0) is 50.3 Å². The van der Waals surface area contributed by atoms with E-state index in [9.17, 15) is 4.79 Å². The zero-order chi connectivity index (χ0) is 16.0. The van der Waals surface area contributed by atoms with Crippen LogP contribution in [0.4, 0.5) is 10.5 Å². The summed E-state index contributed by atoms with van der Waals surface area (Å²) in [5, 5.41) is 6.09. The molecule has 0 unspecified atom stereocenters. The van der Waals surface area contributed by atoms with E-state index < -0.39 is 0 Å². The third-order valence-electron chi connectivity index (χ3n) is 3.32. The summed E-state index contributed by atoms with van der Waals surface area (Å²) in [6, 6.07) is 8.31. The number of ether oxygens (including phenoxy) is 2. The van der Waals surface area contributed by atoms with Crippen molar-refractivity contribution in [3.63, 3.8) is 0 Å². The number of carbonyl (C=O) groups excluding carboxylic acids is 1. The van der Waals surface area contributed by atoms with Gasteiger partial charge in [-0.1, -0.05) is 12.1 Å². The molecule has 0 aliphatic carbocycles. The van der Waals surface area contributed by atoms with E-state index in [2.05, 4.69) is 39.6 Å². The molecular weight excluding hydrogens is 280 g/mol. The van der Waals surface area contributed by atoms with Crippen molar-refractivity contribution in [3.05, 3.63) is 29.8 Å². The smallest absolute Gasteiger partial charge is 0.406 e. The van der Waals surface area contributed by atoms with Crippen LogP contribution in [0, 0.1) is 0 Å². The number of unbranched alkanes of at least 4 members (excludes halogenated alkanes) is 2. The summed E-state index contributed by atoms with van der Waals surface area (Å²) in [6.07, 6.45) is 3.87. The van der Waals surface area contributed by atoms with Gasteiger partial charge in [0.05, 0.1) is 7.11 Å². The van der Waals surface area contributed by atoms with Crippen LogP contribution in [-0.2, 0) is 15.9 Å². The molecule has 0 aliphatic heterocycles. The molecule has 0 saturated heterocycles. The second-order valence-corrected chi connectivity index (χ2v) is 5.05. The minimum absolute atomic E-state index is 0.386. The standard InChI is InChI=1S/C17H28N2O3/c1-3-22-14-6-4-5-12-18-16-9-7-15(8-10-16)11-13-19-17(20)21-2/h7-10,18H,3-6,11-14H2,1-2H3,(H,19,20). The molecule has 1 rings (SSSR count). The number of methoxy groups -OCH3 is 1. The molecule has 0 aliphatic rings. The Kier molecular flexibility index (Phi) is 9.87. The average Bonchev–Trinajstić information content (AvgIpc) is 2.55. The maximum absolute atomic E-state index is 10.9. The van der Waals surface area contributed by atoms with Gasteiger partial charge in [-0.2, -0.15) is 0 Å². The highest BCUT2D eigenvalue weighted by Crippen LogP contribution is 2.10. The summed E-state index contributed by atoms with van der Waals surface area (Å²) in [5.74, 6) is 0. The van der Waals surface area contributed by atoms with Gasteiger partial charge in [0, 0.05) is 32.0 Å². The number of carbonyl (C=O) groups is 1. The number of rotatable bonds is 11. The van der Waals surface area contributed by atoms with Crippen LogP contribution in [0.25, 0.3) is 0 Å². The van der Waals surface area contributed by atoms with Crippen LogP contribution in [0.3, 0.4) is 0 Å². The van der Waals surface area contributed by atoms with Crippen molar-refractivity contribution in [2.24, 2.45) is 0 Å². The molecule has 0 heterocycles. The van der Waals surface area contributed by atoms with E-state index in [1.165, 1.54) is 19.1 Å². The van der Waals surface area contributed by atoms with Gasteiger partial charge in [0.1, 0.15) is 0 Å². The Labute approximate surface area is 133 Å². The largest absolute Gasteiger partial charge is 0.453 e. The third kappa shape index (κ3) is 8.52. The van der Waals surface area contributed by atoms with Gasteiger partial charge in [0.15, 0.2) is 0 Å². The fraction of sp³-hybridized carbons (Fsp3) is 0.588. The van der Waals surface area contributed by atoms with Crippen molar-refractivity contribution in [3.8, 4) is 0 Å². The summed E-state index contributed by atoms with van der Waals surface area (Å²) in [7, 11) is 1.37. The first-order chi connectivity index (χ1) is 10.8. The lowest BCUT2D eigenvalue weighted by atomic mass is 10.1. The lowest BCUT2D eigenvalue weighted by molar-refractivity contribution is 0.143. The topological polar surface area (TPSA) is 59.6 Å². The highest BCUT2D eigenvalue weighted by atomic mass is 16.5. The fourth-order valence-corrected chi connectivity index (χ4v) is 2.05. The van der Waals surface area contributed by atoms with E-state index in [1.807, 2.05) is 6.92 Å². The number of amides is 1. The van der Waals surface area contributed by atoms with Crippen molar-refractivity contribution in [2.45, 2.75) is 32.6 Å². The van der Waals surface area contributed by atoms with Gasteiger partial charge in [-0.25, -0.2) is 4.79 Å². The molecule has 2 N–H and O–H groups in total. The summed E-state index contributed by atoms with van der Waals surface area (Å²) >= 11 is 0. The molecule has 0 radical (unpaired) electrons. The number of alkyl carbamates (subject to hydrolysis) is 1. The number of hydrogen-bond acceptors (Lipinski definition) is 4. The van der Waals surface area contributed by atoms with E-state index in [-0.39, 0.29) is 6.09 Å². The highest BCUT2D eigenvalue weighted by molar-refractivity contribution is 5.66. The minimum atomic E-state index is -0.386. The van der Waals surface area contributed by atoms with Crippen molar-refractivity contribution in [2.75, 3.05) is 38.7 Å². The molecule has 0 fully saturated rings. The van der Waals surface area contributed by atoms with Gasteiger partial charge in [-0.3, -0.25) is 0 Å². The zero-order valence-electron chi connectivity index (χ0n) is 13.7. The Morgan fingerprint density at radius 2 is 1.86 bits per heavy atom. The second kappa shape index (κ2) is 11.9. The van der Waals surface area contributed by atoms with Crippen molar-refractivity contribution in [1.82, 2.24) is 5.32 Å². The molecular formula is C17H28N2O3. The molecule has 1 amide bonds. The Hall–Kier alpha value is -1.75. The molecule has 1 aromatic rings. The quantitative estimate of drug-likeness (QED) is 0.616. The molecule has 5 heteroatoms. The van der Waals surface area contributed by atoms with Gasteiger partial charge in [0.2, 0.25) is 0 Å². The predicted octanol–water partition coefficient (Wildman–Crippen LogP) is 3.20. The monoisotopic (exact) mass is 308 g/mol. The van der Waals surface area contributed by atoms with Gasteiger partial charge in [-0.15, -0.1) is 0 Å². The Morgan fingerprint density at radius 1 is 1.09 bits per heavy atom. The van der Waals surface area contributed by atoms with Crippen LogP contribution in [-0.4, -0.2) is 39.5 Å². The molecule has 0 atom stereocenters. The van der Waals surface area contributed by atoms with E-state index in [4.69, 9.17) is 4.74 Å². The predicted molar refractivity (Wildman–Crippen MR) is 89.4 cm³/mol. The number of anilines is 1.